The topological polar surface area (TPSA) is 104 Å². The summed E-state index contributed by atoms with van der Waals surface area (Å²) in [5.41, 5.74) is 0.229. The zero-order valence-corrected chi connectivity index (χ0v) is 14.7. The first-order valence-corrected chi connectivity index (χ1v) is 8.63. The number of aryl methyl sites for hydroxylation is 1. The van der Waals surface area contributed by atoms with Gasteiger partial charge in [0.25, 0.3) is 11.5 Å². The Morgan fingerprint density at radius 2 is 2.00 bits per heavy atom. The van der Waals surface area contributed by atoms with Crippen molar-refractivity contribution >= 4 is 5.91 Å². The van der Waals surface area contributed by atoms with Crippen molar-refractivity contribution in [3.8, 4) is 0 Å². The Morgan fingerprint density at radius 3 is 2.73 bits per heavy atom. The highest BCUT2D eigenvalue weighted by Crippen LogP contribution is 2.07. The average Bonchev–Trinajstić information content (AvgIpc) is 2.86. The van der Waals surface area contributed by atoms with E-state index in [9.17, 15) is 14.4 Å². The summed E-state index contributed by atoms with van der Waals surface area (Å²) in [6, 6.07) is 1.42. The minimum Gasteiger partial charge on any atom is -0.336 e. The van der Waals surface area contributed by atoms with Gasteiger partial charge in [0.2, 0.25) is 0 Å². The summed E-state index contributed by atoms with van der Waals surface area (Å²) in [6.07, 6.45) is 5.34. The van der Waals surface area contributed by atoms with Gasteiger partial charge in [-0.2, -0.15) is 0 Å². The maximum atomic E-state index is 12.5. The second kappa shape index (κ2) is 8.05. The number of carbonyl (C=O) groups excluding carboxylic acids is 1. The van der Waals surface area contributed by atoms with Gasteiger partial charge in [0, 0.05) is 56.9 Å². The standard InChI is InChI=1S/C17H22N6O3/c1-13-11-15(24)23(17(26)20-13)10-8-21-5-2-6-22(9-7-21)16(25)14-12-18-3-4-19-14/h3-4,11-12H,2,5-10H2,1H3,(H,20,26). The largest absolute Gasteiger partial charge is 0.336 e. The van der Waals surface area contributed by atoms with Gasteiger partial charge in [-0.25, -0.2) is 9.78 Å². The molecule has 0 unspecified atom stereocenters. The molecule has 0 aromatic carbocycles. The molecule has 2 aromatic rings. The third kappa shape index (κ3) is 4.23. The van der Waals surface area contributed by atoms with Crippen LogP contribution >= 0.6 is 0 Å². The van der Waals surface area contributed by atoms with Crippen molar-refractivity contribution < 1.29 is 4.79 Å². The summed E-state index contributed by atoms with van der Waals surface area (Å²) in [4.78, 5) is 50.9. The molecule has 0 bridgehead atoms. The molecule has 9 nitrogen and oxygen atoms in total. The molecule has 1 N–H and O–H groups in total. The molecule has 1 saturated heterocycles. The molecule has 0 saturated carbocycles. The summed E-state index contributed by atoms with van der Waals surface area (Å²) in [5.74, 6) is -0.119. The zero-order valence-electron chi connectivity index (χ0n) is 14.7. The number of rotatable bonds is 4. The van der Waals surface area contributed by atoms with E-state index >= 15 is 0 Å². The molecular weight excluding hydrogens is 336 g/mol. The van der Waals surface area contributed by atoms with Crippen LogP contribution in [-0.4, -0.2) is 67.9 Å². The van der Waals surface area contributed by atoms with Gasteiger partial charge in [-0.05, 0) is 19.9 Å². The highest BCUT2D eigenvalue weighted by Gasteiger charge is 2.21. The minimum atomic E-state index is -0.385. The summed E-state index contributed by atoms with van der Waals surface area (Å²) in [5, 5.41) is 0. The number of amides is 1. The molecular formula is C17H22N6O3. The van der Waals surface area contributed by atoms with Crippen LogP contribution in [-0.2, 0) is 6.54 Å². The van der Waals surface area contributed by atoms with E-state index in [1.807, 2.05) is 0 Å². The Labute approximate surface area is 150 Å². The van der Waals surface area contributed by atoms with Crippen LogP contribution in [0, 0.1) is 6.92 Å². The van der Waals surface area contributed by atoms with Crippen LogP contribution in [0.15, 0.2) is 34.2 Å². The second-order valence-corrected chi connectivity index (χ2v) is 6.33. The SMILES string of the molecule is Cc1cc(=O)n(CCN2CCCN(C(=O)c3cnccn3)CC2)c(=O)[nH]1. The molecule has 138 valence electrons. The fourth-order valence-electron chi connectivity index (χ4n) is 3.06. The number of aromatic amines is 1. The van der Waals surface area contributed by atoms with Crippen molar-refractivity contribution in [3.05, 3.63) is 56.9 Å². The molecule has 1 amide bonds. The van der Waals surface area contributed by atoms with Crippen LogP contribution in [0.25, 0.3) is 0 Å². The summed E-state index contributed by atoms with van der Waals surface area (Å²) in [6.45, 7) is 5.31. The number of hydrogen-bond donors (Lipinski definition) is 1. The van der Waals surface area contributed by atoms with Crippen molar-refractivity contribution in [3.63, 3.8) is 0 Å². The molecule has 2 aromatic heterocycles. The fourth-order valence-corrected chi connectivity index (χ4v) is 3.06. The fraction of sp³-hybridized carbons (Fsp3) is 0.471. The lowest BCUT2D eigenvalue weighted by atomic mass is 10.3. The molecule has 1 aliphatic rings. The maximum Gasteiger partial charge on any atom is 0.328 e. The predicted octanol–water partition coefficient (Wildman–Crippen LogP) is -0.517. The number of aromatic nitrogens is 4. The monoisotopic (exact) mass is 358 g/mol. The van der Waals surface area contributed by atoms with Gasteiger partial charge >= 0.3 is 5.69 Å². The number of hydrogen-bond acceptors (Lipinski definition) is 6. The quantitative estimate of drug-likeness (QED) is 0.789. The lowest BCUT2D eigenvalue weighted by molar-refractivity contribution is 0.0755. The Hall–Kier alpha value is -2.81. The van der Waals surface area contributed by atoms with Gasteiger partial charge in [-0.15, -0.1) is 0 Å². The molecule has 9 heteroatoms. The zero-order chi connectivity index (χ0) is 18.5. The lowest BCUT2D eigenvalue weighted by Crippen LogP contribution is -2.40. The van der Waals surface area contributed by atoms with Gasteiger partial charge in [-0.3, -0.25) is 24.0 Å². The number of carbonyl (C=O) groups is 1. The van der Waals surface area contributed by atoms with Gasteiger partial charge < -0.3 is 9.88 Å². The smallest absolute Gasteiger partial charge is 0.328 e. The number of nitrogens with one attached hydrogen (secondary N) is 1. The molecule has 0 spiro atoms. The summed E-state index contributed by atoms with van der Waals surface area (Å²) < 4.78 is 1.21. The van der Waals surface area contributed by atoms with Crippen LogP contribution in [0.3, 0.4) is 0 Å². The van der Waals surface area contributed by atoms with Gasteiger partial charge in [0.05, 0.1) is 6.20 Å². The Balaban J connectivity index is 1.59. The summed E-state index contributed by atoms with van der Waals surface area (Å²) in [7, 11) is 0. The van der Waals surface area contributed by atoms with E-state index in [1.165, 1.54) is 29.2 Å². The van der Waals surface area contributed by atoms with E-state index in [1.54, 1.807) is 11.8 Å². The minimum absolute atomic E-state index is 0.119. The van der Waals surface area contributed by atoms with E-state index < -0.39 is 0 Å². The van der Waals surface area contributed by atoms with E-state index in [-0.39, 0.29) is 17.2 Å². The van der Waals surface area contributed by atoms with Crippen LogP contribution < -0.4 is 11.2 Å². The second-order valence-electron chi connectivity index (χ2n) is 6.33. The van der Waals surface area contributed by atoms with Crippen molar-refractivity contribution in [2.45, 2.75) is 19.9 Å². The molecule has 0 aliphatic carbocycles. The van der Waals surface area contributed by atoms with E-state index in [4.69, 9.17) is 0 Å². The third-order valence-electron chi connectivity index (χ3n) is 4.45. The van der Waals surface area contributed by atoms with Crippen LogP contribution in [0.2, 0.25) is 0 Å². The van der Waals surface area contributed by atoms with Crippen molar-refractivity contribution in [2.24, 2.45) is 0 Å². The number of H-pyrrole nitrogens is 1. The maximum absolute atomic E-state index is 12.5. The molecule has 3 heterocycles. The van der Waals surface area contributed by atoms with Gasteiger partial charge in [-0.1, -0.05) is 0 Å². The van der Waals surface area contributed by atoms with Gasteiger partial charge in [0.15, 0.2) is 0 Å². The van der Waals surface area contributed by atoms with Crippen LogP contribution in [0.1, 0.15) is 22.6 Å². The highest BCUT2D eigenvalue weighted by atomic mass is 16.2. The van der Waals surface area contributed by atoms with Crippen molar-refractivity contribution in [1.82, 2.24) is 29.3 Å². The first-order valence-electron chi connectivity index (χ1n) is 8.63. The highest BCUT2D eigenvalue weighted by molar-refractivity contribution is 5.91. The Bertz CT molecular complexity index is 845. The molecule has 0 atom stereocenters. The molecule has 26 heavy (non-hydrogen) atoms. The molecule has 3 rings (SSSR count). The lowest BCUT2D eigenvalue weighted by Gasteiger charge is -2.21. The van der Waals surface area contributed by atoms with Crippen molar-refractivity contribution in [1.29, 1.82) is 0 Å². The normalized spacial score (nSPS) is 15.7. The van der Waals surface area contributed by atoms with E-state index in [0.29, 0.717) is 44.1 Å². The number of nitrogens with zero attached hydrogens (tertiary/aromatic N) is 5. The third-order valence-corrected chi connectivity index (χ3v) is 4.45. The first kappa shape index (κ1) is 18.0. The predicted molar refractivity (Wildman–Crippen MR) is 95.1 cm³/mol. The molecule has 1 fully saturated rings. The van der Waals surface area contributed by atoms with Crippen LogP contribution in [0.5, 0.6) is 0 Å². The van der Waals surface area contributed by atoms with Crippen LogP contribution in [0.4, 0.5) is 0 Å². The molecule has 0 radical (unpaired) electrons. The average molecular weight is 358 g/mol. The molecule has 1 aliphatic heterocycles. The Kier molecular flexibility index (Phi) is 5.57. The van der Waals surface area contributed by atoms with E-state index in [2.05, 4.69) is 19.9 Å². The summed E-state index contributed by atoms with van der Waals surface area (Å²) >= 11 is 0. The Morgan fingerprint density at radius 1 is 1.15 bits per heavy atom. The van der Waals surface area contributed by atoms with Gasteiger partial charge in [0.1, 0.15) is 5.69 Å². The first-order chi connectivity index (χ1) is 12.5. The van der Waals surface area contributed by atoms with Crippen molar-refractivity contribution in [2.75, 3.05) is 32.7 Å². The van der Waals surface area contributed by atoms with E-state index in [0.717, 1.165) is 13.0 Å².